The monoisotopic (exact) mass is 800 g/mol. The van der Waals surface area contributed by atoms with Gasteiger partial charge in [-0.25, -0.2) is 19.2 Å². The molecule has 6 rings (SSSR count). The minimum absolute atomic E-state index is 0.0603. The minimum Gasteiger partial charge on any atom is -0.465 e. The van der Waals surface area contributed by atoms with Crippen molar-refractivity contribution >= 4 is 35.3 Å². The lowest BCUT2D eigenvalue weighted by molar-refractivity contribution is -0.385. The fourth-order valence-electron chi connectivity index (χ4n) is 7.15. The van der Waals surface area contributed by atoms with Crippen LogP contribution in [0.25, 0.3) is 45.0 Å². The summed E-state index contributed by atoms with van der Waals surface area (Å²) in [6, 6.07) is 28.5. The van der Waals surface area contributed by atoms with Gasteiger partial charge in [-0.05, 0) is 52.9 Å². The second-order valence-corrected chi connectivity index (χ2v) is 12.9. The van der Waals surface area contributed by atoms with E-state index in [0.29, 0.717) is 33.6 Å². The third kappa shape index (κ3) is 7.78. The van der Waals surface area contributed by atoms with Crippen molar-refractivity contribution in [3.8, 4) is 45.0 Å². The molecule has 16 nitrogen and oxygen atoms in total. The number of carbonyl (C=O) groups excluding carboxylic acids is 4. The maximum absolute atomic E-state index is 13.7. The molecule has 0 N–H and O–H groups in total. The van der Waals surface area contributed by atoms with Crippen LogP contribution in [0.3, 0.4) is 0 Å². The summed E-state index contributed by atoms with van der Waals surface area (Å²) >= 11 is 0. The van der Waals surface area contributed by atoms with E-state index in [1.165, 1.54) is 62.8 Å². The Kier molecular flexibility index (Phi) is 12.1. The predicted octanol–water partition coefficient (Wildman–Crippen LogP) is 8.01. The molecule has 300 valence electrons. The minimum atomic E-state index is -0.864. The van der Waals surface area contributed by atoms with Crippen molar-refractivity contribution in [2.75, 3.05) is 28.4 Å². The normalized spacial score (nSPS) is 10.8. The molecule has 0 aliphatic rings. The molecule has 0 aliphatic carbocycles. The number of benzene rings is 4. The van der Waals surface area contributed by atoms with E-state index in [-0.39, 0.29) is 64.5 Å². The number of nitro benzene ring substituents is 2. The van der Waals surface area contributed by atoms with Gasteiger partial charge in [0.2, 0.25) is 0 Å². The largest absolute Gasteiger partial charge is 0.465 e. The number of ether oxygens (including phenoxy) is 4. The number of hydrogen-bond acceptors (Lipinski definition) is 12. The van der Waals surface area contributed by atoms with E-state index in [1.54, 1.807) is 69.8 Å². The quantitative estimate of drug-likeness (QED) is 0.0445. The van der Waals surface area contributed by atoms with Crippen LogP contribution in [0.1, 0.15) is 47.9 Å². The molecule has 0 aliphatic heterocycles. The van der Waals surface area contributed by atoms with Crippen LogP contribution in [0.15, 0.2) is 109 Å². The summed E-state index contributed by atoms with van der Waals surface area (Å²) in [4.78, 5) is 77.0. The smallest absolute Gasteiger partial charge is 0.340 e. The third-order valence-electron chi connectivity index (χ3n) is 9.65. The zero-order valence-corrected chi connectivity index (χ0v) is 32.2. The fraction of sp³-hybridized carbons (Fsp3) is 0.163. The lowest BCUT2D eigenvalue weighted by Crippen LogP contribution is -2.11. The molecule has 0 radical (unpaired) electrons. The van der Waals surface area contributed by atoms with Gasteiger partial charge in [-0.3, -0.25) is 20.2 Å². The van der Waals surface area contributed by atoms with Gasteiger partial charge in [0.1, 0.15) is 22.3 Å². The van der Waals surface area contributed by atoms with E-state index >= 15 is 0 Å². The number of esters is 4. The van der Waals surface area contributed by atoms with Gasteiger partial charge in [0.15, 0.2) is 0 Å². The van der Waals surface area contributed by atoms with Crippen LogP contribution in [-0.2, 0) is 32.0 Å². The topological polar surface area (TPSA) is 201 Å². The number of methoxy groups -OCH3 is 4. The van der Waals surface area contributed by atoms with Crippen molar-refractivity contribution < 1.29 is 48.0 Å². The number of nitro groups is 2. The van der Waals surface area contributed by atoms with Crippen LogP contribution in [0, 0.1) is 20.2 Å². The molecule has 0 fully saturated rings. The van der Waals surface area contributed by atoms with Gasteiger partial charge in [-0.15, -0.1) is 0 Å². The van der Waals surface area contributed by atoms with E-state index in [0.717, 1.165) is 14.2 Å². The Morgan fingerprint density at radius 2 is 0.695 bits per heavy atom. The van der Waals surface area contributed by atoms with Crippen LogP contribution < -0.4 is 0 Å². The van der Waals surface area contributed by atoms with Gasteiger partial charge in [0.25, 0.3) is 11.4 Å². The number of hydrogen-bond donors (Lipinski definition) is 0. The zero-order valence-electron chi connectivity index (χ0n) is 32.2. The van der Waals surface area contributed by atoms with Crippen molar-refractivity contribution in [2.24, 2.45) is 0 Å². The average Bonchev–Trinajstić information content (AvgIpc) is 3.79. The predicted molar refractivity (Wildman–Crippen MR) is 214 cm³/mol. The van der Waals surface area contributed by atoms with Gasteiger partial charge in [-0.2, -0.15) is 0 Å². The van der Waals surface area contributed by atoms with Gasteiger partial charge in [0.05, 0.1) is 61.1 Å². The molecule has 0 atom stereocenters. The molecular formula is C43H36N4O12. The van der Waals surface area contributed by atoms with E-state index in [4.69, 9.17) is 18.9 Å². The van der Waals surface area contributed by atoms with Crippen LogP contribution >= 0.6 is 0 Å². The highest BCUT2D eigenvalue weighted by Gasteiger charge is 2.36. The Balaban J connectivity index is 1.64. The molecular weight excluding hydrogens is 764 g/mol. The first-order valence-electron chi connectivity index (χ1n) is 17.9. The Hall–Kier alpha value is -7.88. The molecule has 16 heteroatoms. The molecule has 0 spiro atoms. The summed E-state index contributed by atoms with van der Waals surface area (Å²) in [6.07, 6.45) is 0.186. The van der Waals surface area contributed by atoms with Crippen molar-refractivity contribution in [1.82, 2.24) is 9.13 Å². The first-order chi connectivity index (χ1) is 28.5. The summed E-state index contributed by atoms with van der Waals surface area (Å²) in [6.45, 7) is 0.121. The first kappa shape index (κ1) is 40.8. The Morgan fingerprint density at radius 3 is 0.932 bits per heavy atom. The van der Waals surface area contributed by atoms with Crippen molar-refractivity contribution in [3.05, 3.63) is 152 Å². The summed E-state index contributed by atoms with van der Waals surface area (Å²) in [5.41, 5.74) is 1.90. The second-order valence-electron chi connectivity index (χ2n) is 12.9. The van der Waals surface area contributed by atoms with E-state index in [1.807, 2.05) is 0 Å². The summed E-state index contributed by atoms with van der Waals surface area (Å²) in [7, 11) is 4.68. The summed E-state index contributed by atoms with van der Waals surface area (Å²) in [5, 5.41) is 23.2. The molecule has 4 aromatic carbocycles. The second kappa shape index (κ2) is 17.5. The van der Waals surface area contributed by atoms with Gasteiger partial charge >= 0.3 is 23.9 Å². The van der Waals surface area contributed by atoms with Gasteiger partial charge < -0.3 is 28.1 Å². The van der Waals surface area contributed by atoms with Gasteiger partial charge in [0, 0.05) is 37.4 Å². The lowest BCUT2D eigenvalue weighted by atomic mass is 10.0. The van der Waals surface area contributed by atoms with Crippen molar-refractivity contribution in [3.63, 3.8) is 0 Å². The van der Waals surface area contributed by atoms with Crippen LogP contribution in [0.5, 0.6) is 0 Å². The molecule has 59 heavy (non-hydrogen) atoms. The SMILES string of the molecule is COC(=O)c1c(C(=O)OC)c(-c2ccc([N+](=O)[O-])cc2)n(CCCn2c(-c3ccccc3)c(C(=O)OC)c(C(=O)OC)c2-c2ccc([N+](=O)[O-])cc2)c1-c1ccccc1. The highest BCUT2D eigenvalue weighted by atomic mass is 16.6. The highest BCUT2D eigenvalue weighted by molar-refractivity contribution is 6.13. The van der Waals surface area contributed by atoms with Crippen molar-refractivity contribution in [2.45, 2.75) is 19.5 Å². The average molecular weight is 801 g/mol. The molecule has 2 aromatic heterocycles. The highest BCUT2D eigenvalue weighted by Crippen LogP contribution is 2.42. The maximum atomic E-state index is 13.7. The van der Waals surface area contributed by atoms with Crippen LogP contribution in [-0.4, -0.2) is 71.3 Å². The Morgan fingerprint density at radius 1 is 0.441 bits per heavy atom. The number of nitrogens with zero attached hydrogens (tertiary/aromatic N) is 4. The zero-order chi connectivity index (χ0) is 42.4. The molecule has 0 bridgehead atoms. The maximum Gasteiger partial charge on any atom is 0.340 e. The summed E-state index contributed by atoms with van der Waals surface area (Å²) < 4.78 is 24.3. The number of rotatable bonds is 14. The Labute approximate surface area is 336 Å². The van der Waals surface area contributed by atoms with Gasteiger partial charge in [-0.1, -0.05) is 60.7 Å². The molecule has 0 unspecified atom stereocenters. The first-order valence-corrected chi connectivity index (χ1v) is 17.9. The number of carbonyl (C=O) groups is 4. The number of non-ortho nitro benzene ring substituents is 2. The van der Waals surface area contributed by atoms with Crippen LogP contribution in [0.4, 0.5) is 11.4 Å². The third-order valence-corrected chi connectivity index (χ3v) is 9.65. The molecule has 0 amide bonds. The van der Waals surface area contributed by atoms with E-state index < -0.39 is 33.7 Å². The Bertz CT molecular complexity index is 2400. The molecule has 6 aromatic rings. The van der Waals surface area contributed by atoms with Crippen molar-refractivity contribution in [1.29, 1.82) is 0 Å². The number of aromatic nitrogens is 2. The van der Waals surface area contributed by atoms with E-state index in [2.05, 4.69) is 0 Å². The lowest BCUT2D eigenvalue weighted by Gasteiger charge is -2.18. The summed E-state index contributed by atoms with van der Waals surface area (Å²) in [5.74, 6) is -3.41. The molecule has 0 saturated heterocycles. The fourth-order valence-corrected chi connectivity index (χ4v) is 7.15. The van der Waals surface area contributed by atoms with Crippen LogP contribution in [0.2, 0.25) is 0 Å². The molecule has 0 saturated carbocycles. The molecule has 2 heterocycles. The standard InChI is InChI=1S/C43H36N4O12/c1-56-40(48)32-34(42(50)58-3)38(28-16-20-30(21-17-28)46(52)53)44(36(32)26-12-7-5-8-13-26)24-11-25-45-37(27-14-9-6-10-15-27)33(41(49)57-2)35(43(51)59-4)39(45)29-18-22-31(23-19-29)47(54)55/h5-10,12-23H,11,24-25H2,1-4H3. The van der Waals surface area contributed by atoms with E-state index in [9.17, 15) is 39.4 Å².